The van der Waals surface area contributed by atoms with Crippen molar-refractivity contribution in [2.75, 3.05) is 11.9 Å². The van der Waals surface area contributed by atoms with Crippen molar-refractivity contribution < 1.29 is 14.6 Å². The molecule has 9 heteroatoms. The molecular weight excluding hydrogens is 442 g/mol. The van der Waals surface area contributed by atoms with Crippen molar-refractivity contribution in [3.05, 3.63) is 77.1 Å². The summed E-state index contributed by atoms with van der Waals surface area (Å²) in [7, 11) is 0. The van der Waals surface area contributed by atoms with Gasteiger partial charge in [0.25, 0.3) is 0 Å². The number of halogens is 1. The summed E-state index contributed by atoms with van der Waals surface area (Å²) in [5, 5.41) is 24.5. The Morgan fingerprint density at radius 3 is 2.82 bits per heavy atom. The second-order valence-corrected chi connectivity index (χ2v) is 8.63. The van der Waals surface area contributed by atoms with E-state index in [-0.39, 0.29) is 24.8 Å². The Morgan fingerprint density at radius 2 is 2.03 bits per heavy atom. The van der Waals surface area contributed by atoms with Crippen LogP contribution in [0.5, 0.6) is 0 Å². The number of ether oxygens (including phenoxy) is 1. The van der Waals surface area contributed by atoms with Gasteiger partial charge in [0, 0.05) is 29.9 Å². The molecule has 0 radical (unpaired) electrons. The minimum Gasteiger partial charge on any atom is -0.394 e. The molecule has 3 atom stereocenters. The number of aliphatic hydroxyl groups is 1. The number of urea groups is 1. The Hall–Kier alpha value is -2.94. The second kappa shape index (κ2) is 11.3. The van der Waals surface area contributed by atoms with Crippen LogP contribution >= 0.6 is 11.6 Å². The molecule has 0 unspecified atom stereocenters. The number of benzene rings is 2. The van der Waals surface area contributed by atoms with Gasteiger partial charge in [-0.3, -0.25) is 4.68 Å². The molecule has 2 aromatic carbocycles. The van der Waals surface area contributed by atoms with Crippen LogP contribution in [0.25, 0.3) is 0 Å². The number of hydrogen-bond acceptors (Lipinski definition) is 5. The van der Waals surface area contributed by atoms with Gasteiger partial charge in [0.15, 0.2) is 0 Å². The molecule has 3 N–H and O–H groups in total. The van der Waals surface area contributed by atoms with Gasteiger partial charge in [-0.2, -0.15) is 0 Å². The van der Waals surface area contributed by atoms with Gasteiger partial charge in [0.2, 0.25) is 0 Å². The number of anilines is 1. The van der Waals surface area contributed by atoms with Crippen LogP contribution in [0.2, 0.25) is 5.02 Å². The maximum absolute atomic E-state index is 12.4. The lowest BCUT2D eigenvalue weighted by molar-refractivity contribution is -0.0905. The summed E-state index contributed by atoms with van der Waals surface area (Å²) in [4.78, 5) is 12.4. The highest BCUT2D eigenvalue weighted by molar-refractivity contribution is 6.30. The third-order valence-corrected chi connectivity index (χ3v) is 5.92. The van der Waals surface area contributed by atoms with E-state index in [1.165, 1.54) is 5.56 Å². The van der Waals surface area contributed by atoms with E-state index in [0.29, 0.717) is 17.3 Å². The lowest BCUT2D eigenvalue weighted by Gasteiger charge is -2.36. The van der Waals surface area contributed by atoms with E-state index in [4.69, 9.17) is 16.3 Å². The molecule has 2 amide bonds. The molecule has 0 spiro atoms. The van der Waals surface area contributed by atoms with Crippen molar-refractivity contribution >= 4 is 23.3 Å². The number of carbonyl (C=O) groups excluding carboxylic acids is 1. The summed E-state index contributed by atoms with van der Waals surface area (Å²) in [6.45, 7) is 0.515. The summed E-state index contributed by atoms with van der Waals surface area (Å²) in [6.07, 6.45) is 4.49. The molecule has 3 aromatic rings. The van der Waals surface area contributed by atoms with Gasteiger partial charge in [-0.25, -0.2) is 4.79 Å². The number of aliphatic hydroxyl groups excluding tert-OH is 1. The molecule has 1 saturated heterocycles. The number of rotatable bonds is 8. The van der Waals surface area contributed by atoms with Crippen molar-refractivity contribution in [3.63, 3.8) is 0 Å². The summed E-state index contributed by atoms with van der Waals surface area (Å²) >= 11 is 5.96. The van der Waals surface area contributed by atoms with Crippen LogP contribution in [-0.2, 0) is 17.7 Å². The van der Waals surface area contributed by atoms with Crippen LogP contribution in [0.3, 0.4) is 0 Å². The van der Waals surface area contributed by atoms with Gasteiger partial charge in [-0.1, -0.05) is 53.2 Å². The van der Waals surface area contributed by atoms with Crippen LogP contribution < -0.4 is 10.6 Å². The first-order valence-electron chi connectivity index (χ1n) is 11.1. The Labute approximate surface area is 197 Å². The van der Waals surface area contributed by atoms with Crippen LogP contribution in [0.15, 0.2) is 60.8 Å². The fraction of sp³-hybridized carbons (Fsp3) is 0.375. The average molecular weight is 470 g/mol. The molecule has 2 heterocycles. The SMILES string of the molecule is O=C(Nc1cccc(Cl)c1)N[C@@H]1CC[C@@H](CCn2cc(Cc3ccccc3)nn2)O[C@H]1CO. The van der Waals surface area contributed by atoms with Crippen molar-refractivity contribution in [2.24, 2.45) is 0 Å². The third-order valence-electron chi connectivity index (χ3n) is 5.69. The first-order chi connectivity index (χ1) is 16.1. The van der Waals surface area contributed by atoms with E-state index in [9.17, 15) is 9.90 Å². The average Bonchev–Trinajstić information content (AvgIpc) is 3.26. The lowest BCUT2D eigenvalue weighted by Crippen LogP contribution is -2.52. The highest BCUT2D eigenvalue weighted by Gasteiger charge is 2.31. The highest BCUT2D eigenvalue weighted by Crippen LogP contribution is 2.23. The zero-order valence-electron chi connectivity index (χ0n) is 18.2. The van der Waals surface area contributed by atoms with E-state index in [1.807, 2.05) is 29.1 Å². The molecule has 4 rings (SSSR count). The molecule has 1 aliphatic heterocycles. The number of amides is 2. The largest absolute Gasteiger partial charge is 0.394 e. The molecule has 174 valence electrons. The van der Waals surface area contributed by atoms with Crippen molar-refractivity contribution in [2.45, 2.75) is 50.5 Å². The molecular formula is C24H28ClN5O3. The Bertz CT molecular complexity index is 1050. The van der Waals surface area contributed by atoms with Gasteiger partial charge in [-0.05, 0) is 43.0 Å². The summed E-state index contributed by atoms with van der Waals surface area (Å²) in [6, 6.07) is 16.5. The summed E-state index contributed by atoms with van der Waals surface area (Å²) in [5.74, 6) is 0. The first-order valence-corrected chi connectivity index (χ1v) is 11.5. The summed E-state index contributed by atoms with van der Waals surface area (Å²) in [5.41, 5.74) is 2.73. The summed E-state index contributed by atoms with van der Waals surface area (Å²) < 4.78 is 7.90. The molecule has 0 aliphatic carbocycles. The van der Waals surface area contributed by atoms with E-state index in [1.54, 1.807) is 24.3 Å². The third kappa shape index (κ3) is 6.77. The van der Waals surface area contributed by atoms with Gasteiger partial charge in [0.05, 0.1) is 24.4 Å². The Kier molecular flexibility index (Phi) is 7.93. The molecule has 1 fully saturated rings. The minimum absolute atomic E-state index is 0.0158. The maximum Gasteiger partial charge on any atom is 0.319 e. The van der Waals surface area contributed by atoms with Crippen molar-refractivity contribution in [1.82, 2.24) is 20.3 Å². The predicted octanol–water partition coefficient (Wildman–Crippen LogP) is 3.64. The minimum atomic E-state index is -0.460. The number of nitrogens with zero attached hydrogens (tertiary/aromatic N) is 3. The van der Waals surface area contributed by atoms with Crippen molar-refractivity contribution in [1.29, 1.82) is 0 Å². The van der Waals surface area contributed by atoms with E-state index in [0.717, 1.165) is 31.4 Å². The fourth-order valence-electron chi connectivity index (χ4n) is 4.02. The van der Waals surface area contributed by atoms with Gasteiger partial charge in [0.1, 0.15) is 6.10 Å². The molecule has 8 nitrogen and oxygen atoms in total. The maximum atomic E-state index is 12.4. The number of nitrogens with one attached hydrogen (secondary N) is 2. The van der Waals surface area contributed by atoms with Gasteiger partial charge in [-0.15, -0.1) is 5.10 Å². The van der Waals surface area contributed by atoms with E-state index in [2.05, 4.69) is 33.1 Å². The van der Waals surface area contributed by atoms with Gasteiger partial charge >= 0.3 is 6.03 Å². The standard InChI is InChI=1S/C24H28ClN5O3/c25-18-7-4-8-19(14-18)26-24(32)27-22-10-9-21(33-23(22)16-31)11-12-30-15-20(28-29-30)13-17-5-2-1-3-6-17/h1-8,14-15,21-23,31H,9-13,16H2,(H2,26,27,32)/t21-,22+,23-/m0/s1. The lowest BCUT2D eigenvalue weighted by atomic mass is 9.97. The Balaban J connectivity index is 1.23. The molecule has 0 saturated carbocycles. The smallest absolute Gasteiger partial charge is 0.319 e. The zero-order valence-corrected chi connectivity index (χ0v) is 19.0. The molecule has 0 bridgehead atoms. The number of aryl methyl sites for hydroxylation is 1. The number of aromatic nitrogens is 3. The van der Waals surface area contributed by atoms with Gasteiger partial charge < -0.3 is 20.5 Å². The van der Waals surface area contributed by atoms with E-state index < -0.39 is 6.10 Å². The van der Waals surface area contributed by atoms with Crippen molar-refractivity contribution in [3.8, 4) is 0 Å². The zero-order chi connectivity index (χ0) is 23.0. The monoisotopic (exact) mass is 469 g/mol. The molecule has 1 aliphatic rings. The van der Waals surface area contributed by atoms with Crippen LogP contribution in [0.1, 0.15) is 30.5 Å². The highest BCUT2D eigenvalue weighted by atomic mass is 35.5. The number of hydrogen-bond donors (Lipinski definition) is 3. The molecule has 33 heavy (non-hydrogen) atoms. The van der Waals surface area contributed by atoms with E-state index >= 15 is 0 Å². The predicted molar refractivity (Wildman–Crippen MR) is 126 cm³/mol. The molecule has 1 aromatic heterocycles. The number of carbonyl (C=O) groups is 1. The second-order valence-electron chi connectivity index (χ2n) is 8.20. The quantitative estimate of drug-likeness (QED) is 0.467. The topological polar surface area (TPSA) is 101 Å². The van der Waals surface area contributed by atoms with Crippen LogP contribution in [0, 0.1) is 0 Å². The first kappa shape index (κ1) is 23.2. The normalized spacial score (nSPS) is 20.4. The fourth-order valence-corrected chi connectivity index (χ4v) is 4.21. The Morgan fingerprint density at radius 1 is 1.18 bits per heavy atom. The van der Waals surface area contributed by atoms with Crippen LogP contribution in [0.4, 0.5) is 10.5 Å². The van der Waals surface area contributed by atoms with Crippen LogP contribution in [-0.4, -0.2) is 51.0 Å².